The smallest absolute Gasteiger partial charge is 0.245 e. The maximum Gasteiger partial charge on any atom is 0.245 e. The van der Waals surface area contributed by atoms with E-state index >= 15 is 0 Å². The van der Waals surface area contributed by atoms with Crippen molar-refractivity contribution in [3.8, 4) is 0 Å². The van der Waals surface area contributed by atoms with Gasteiger partial charge >= 0.3 is 0 Å². The van der Waals surface area contributed by atoms with Gasteiger partial charge in [0.2, 0.25) is 17.7 Å². The highest BCUT2D eigenvalue weighted by atomic mass is 16.2. The standard InChI is InChI=1S/C21H37N3O3/c1-4-7-16(19(22)25)17(12-14(2)3)20(26)23-18-8-5-6-11-24(21(18)27)13-15-9-10-15/h14-18H,4-13H2,1-3H3,(H2,22,25)(H,23,26)/t16-,17+,18-/m0/s1. The Morgan fingerprint density at radius 2 is 1.89 bits per heavy atom. The lowest BCUT2D eigenvalue weighted by Crippen LogP contribution is -2.51. The third-order valence-electron chi connectivity index (χ3n) is 5.79. The van der Waals surface area contributed by atoms with E-state index in [1.54, 1.807) is 0 Å². The third-order valence-corrected chi connectivity index (χ3v) is 5.79. The van der Waals surface area contributed by atoms with E-state index in [0.29, 0.717) is 25.2 Å². The van der Waals surface area contributed by atoms with Crippen molar-refractivity contribution in [2.45, 2.75) is 78.2 Å². The molecule has 0 bridgehead atoms. The summed E-state index contributed by atoms with van der Waals surface area (Å²) < 4.78 is 0. The Kier molecular flexibility index (Phi) is 8.11. The van der Waals surface area contributed by atoms with Gasteiger partial charge in [-0.1, -0.05) is 27.2 Å². The SMILES string of the molecule is CCC[C@H](C(N)=O)[C@@H](CC(C)C)C(=O)N[C@H]1CCCCN(CC2CC2)C1=O. The van der Waals surface area contributed by atoms with Crippen molar-refractivity contribution in [3.63, 3.8) is 0 Å². The molecule has 0 aromatic carbocycles. The first-order valence-corrected chi connectivity index (χ1v) is 10.7. The zero-order valence-electron chi connectivity index (χ0n) is 17.2. The maximum absolute atomic E-state index is 13.1. The van der Waals surface area contributed by atoms with E-state index in [-0.39, 0.29) is 17.7 Å². The molecule has 0 radical (unpaired) electrons. The monoisotopic (exact) mass is 379 g/mol. The molecule has 3 N–H and O–H groups in total. The molecule has 0 spiro atoms. The van der Waals surface area contributed by atoms with E-state index in [1.807, 2.05) is 25.7 Å². The van der Waals surface area contributed by atoms with Gasteiger partial charge in [-0.25, -0.2) is 0 Å². The number of carbonyl (C=O) groups is 3. The number of likely N-dealkylation sites (tertiary alicyclic amines) is 1. The first-order valence-electron chi connectivity index (χ1n) is 10.7. The highest BCUT2D eigenvalue weighted by molar-refractivity contribution is 5.91. The molecule has 2 fully saturated rings. The average Bonchev–Trinajstić information content (AvgIpc) is 3.43. The number of amides is 3. The summed E-state index contributed by atoms with van der Waals surface area (Å²) in [7, 11) is 0. The zero-order valence-corrected chi connectivity index (χ0v) is 17.2. The summed E-state index contributed by atoms with van der Waals surface area (Å²) in [6.07, 6.45) is 7.00. The van der Waals surface area contributed by atoms with Crippen LogP contribution in [0.25, 0.3) is 0 Å². The number of hydrogen-bond acceptors (Lipinski definition) is 3. The molecular formula is C21H37N3O3. The van der Waals surface area contributed by atoms with Crippen LogP contribution in [0, 0.1) is 23.7 Å². The zero-order chi connectivity index (χ0) is 20.0. The Morgan fingerprint density at radius 1 is 1.19 bits per heavy atom. The fraction of sp³-hybridized carbons (Fsp3) is 0.857. The molecule has 0 aromatic rings. The van der Waals surface area contributed by atoms with Crippen molar-refractivity contribution in [2.75, 3.05) is 13.1 Å². The predicted octanol–water partition coefficient (Wildman–Crippen LogP) is 2.46. The van der Waals surface area contributed by atoms with Crippen LogP contribution in [0.15, 0.2) is 0 Å². The van der Waals surface area contributed by atoms with Crippen molar-refractivity contribution < 1.29 is 14.4 Å². The Labute approximate surface area is 163 Å². The second-order valence-corrected chi connectivity index (χ2v) is 8.82. The van der Waals surface area contributed by atoms with Crippen molar-refractivity contribution in [1.82, 2.24) is 10.2 Å². The molecule has 27 heavy (non-hydrogen) atoms. The first-order chi connectivity index (χ1) is 12.8. The highest BCUT2D eigenvalue weighted by Gasteiger charge is 2.36. The van der Waals surface area contributed by atoms with Gasteiger partial charge in [0.25, 0.3) is 0 Å². The van der Waals surface area contributed by atoms with E-state index in [9.17, 15) is 14.4 Å². The summed E-state index contributed by atoms with van der Waals surface area (Å²) in [4.78, 5) is 39.9. The molecule has 6 nitrogen and oxygen atoms in total. The highest BCUT2D eigenvalue weighted by Crippen LogP contribution is 2.31. The molecule has 2 aliphatic rings. The van der Waals surface area contributed by atoms with Crippen molar-refractivity contribution in [1.29, 1.82) is 0 Å². The summed E-state index contributed by atoms with van der Waals surface area (Å²) in [6, 6.07) is -0.469. The minimum atomic E-state index is -0.471. The molecule has 154 valence electrons. The van der Waals surface area contributed by atoms with E-state index in [4.69, 9.17) is 5.73 Å². The summed E-state index contributed by atoms with van der Waals surface area (Å²) in [5, 5.41) is 2.99. The molecular weight excluding hydrogens is 342 g/mol. The number of nitrogens with zero attached hydrogens (tertiary/aromatic N) is 1. The first kappa shape index (κ1) is 21.7. The Bertz CT molecular complexity index is 531. The minimum Gasteiger partial charge on any atom is -0.369 e. The van der Waals surface area contributed by atoms with Crippen LogP contribution in [-0.4, -0.2) is 41.8 Å². The van der Waals surface area contributed by atoms with Gasteiger partial charge in [0, 0.05) is 24.9 Å². The lowest BCUT2D eigenvalue weighted by atomic mass is 9.81. The van der Waals surface area contributed by atoms with Gasteiger partial charge in [-0.15, -0.1) is 0 Å². The van der Waals surface area contributed by atoms with Crippen molar-refractivity contribution in [2.24, 2.45) is 29.4 Å². The van der Waals surface area contributed by atoms with Gasteiger partial charge in [-0.05, 0) is 56.8 Å². The molecule has 1 aliphatic heterocycles. The van der Waals surface area contributed by atoms with Gasteiger partial charge in [-0.2, -0.15) is 0 Å². The lowest BCUT2D eigenvalue weighted by molar-refractivity contribution is -0.139. The minimum absolute atomic E-state index is 0.0437. The molecule has 0 aromatic heterocycles. The quantitative estimate of drug-likeness (QED) is 0.611. The van der Waals surface area contributed by atoms with Gasteiger partial charge in [0.1, 0.15) is 6.04 Å². The summed E-state index contributed by atoms with van der Waals surface area (Å²) in [5.41, 5.74) is 5.61. The van der Waals surface area contributed by atoms with Crippen molar-refractivity contribution >= 4 is 17.7 Å². The van der Waals surface area contributed by atoms with Gasteiger partial charge < -0.3 is 16.0 Å². The number of carbonyl (C=O) groups excluding carboxylic acids is 3. The lowest BCUT2D eigenvalue weighted by Gasteiger charge is -2.29. The number of hydrogen-bond donors (Lipinski definition) is 2. The Hall–Kier alpha value is -1.59. The largest absolute Gasteiger partial charge is 0.369 e. The van der Waals surface area contributed by atoms with E-state index in [2.05, 4.69) is 5.32 Å². The van der Waals surface area contributed by atoms with E-state index in [0.717, 1.165) is 32.4 Å². The number of rotatable bonds is 10. The number of nitrogens with one attached hydrogen (secondary N) is 1. The van der Waals surface area contributed by atoms with Crippen LogP contribution in [0.3, 0.4) is 0 Å². The van der Waals surface area contributed by atoms with Gasteiger partial charge in [0.15, 0.2) is 0 Å². The molecule has 1 saturated heterocycles. The van der Waals surface area contributed by atoms with Crippen LogP contribution in [0.4, 0.5) is 0 Å². The summed E-state index contributed by atoms with van der Waals surface area (Å²) >= 11 is 0. The molecule has 0 unspecified atom stereocenters. The second-order valence-electron chi connectivity index (χ2n) is 8.82. The fourth-order valence-electron chi connectivity index (χ4n) is 4.13. The van der Waals surface area contributed by atoms with Crippen LogP contribution < -0.4 is 11.1 Å². The molecule has 6 heteroatoms. The second kappa shape index (κ2) is 10.1. The van der Waals surface area contributed by atoms with E-state index in [1.165, 1.54) is 12.8 Å². The average molecular weight is 380 g/mol. The van der Waals surface area contributed by atoms with Crippen LogP contribution in [-0.2, 0) is 14.4 Å². The van der Waals surface area contributed by atoms with Gasteiger partial charge in [-0.3, -0.25) is 14.4 Å². The normalized spacial score (nSPS) is 23.0. The summed E-state index contributed by atoms with van der Waals surface area (Å²) in [6.45, 7) is 7.68. The van der Waals surface area contributed by atoms with Crippen LogP contribution in [0.1, 0.15) is 72.1 Å². The van der Waals surface area contributed by atoms with Gasteiger partial charge in [0.05, 0.1) is 0 Å². The number of nitrogens with two attached hydrogens (primary N) is 1. The molecule has 1 heterocycles. The number of primary amides is 1. The third kappa shape index (κ3) is 6.51. The molecule has 2 rings (SSSR count). The molecule has 3 atom stereocenters. The molecule has 1 saturated carbocycles. The Morgan fingerprint density at radius 3 is 2.44 bits per heavy atom. The van der Waals surface area contributed by atoms with E-state index < -0.39 is 23.8 Å². The van der Waals surface area contributed by atoms with Crippen LogP contribution in [0.5, 0.6) is 0 Å². The fourth-order valence-corrected chi connectivity index (χ4v) is 4.13. The topological polar surface area (TPSA) is 92.5 Å². The molecule has 3 amide bonds. The maximum atomic E-state index is 13.1. The molecule has 1 aliphatic carbocycles. The van der Waals surface area contributed by atoms with Crippen LogP contribution >= 0.6 is 0 Å². The predicted molar refractivity (Wildman–Crippen MR) is 106 cm³/mol. The Balaban J connectivity index is 2.08. The summed E-state index contributed by atoms with van der Waals surface area (Å²) in [5.74, 6) is -0.581. The van der Waals surface area contributed by atoms with Crippen molar-refractivity contribution in [3.05, 3.63) is 0 Å². The van der Waals surface area contributed by atoms with Crippen LogP contribution in [0.2, 0.25) is 0 Å².